The first-order valence-corrected chi connectivity index (χ1v) is 6.06. The summed E-state index contributed by atoms with van der Waals surface area (Å²) in [5, 5.41) is 25.5. The average molecular weight is 262 g/mol. The third-order valence-electron chi connectivity index (χ3n) is 2.94. The van der Waals surface area contributed by atoms with E-state index in [4.69, 9.17) is 0 Å². The predicted octanol–water partition coefficient (Wildman–Crippen LogP) is 0.827. The number of hydrogen-bond donors (Lipinski definition) is 4. The number of para-hydroxylation sites is 1. The molecule has 0 atom stereocenters. The zero-order valence-electron chi connectivity index (χ0n) is 11.0. The van der Waals surface area contributed by atoms with Crippen LogP contribution in [0.1, 0.15) is 6.92 Å². The van der Waals surface area contributed by atoms with E-state index in [2.05, 4.69) is 20.6 Å². The first-order valence-electron chi connectivity index (χ1n) is 6.06. The highest BCUT2D eigenvalue weighted by atomic mass is 16.3. The lowest BCUT2D eigenvalue weighted by molar-refractivity contribution is 0.147. The van der Waals surface area contributed by atoms with Gasteiger partial charge in [-0.1, -0.05) is 12.1 Å². The van der Waals surface area contributed by atoms with Crippen LogP contribution in [0.3, 0.4) is 0 Å². The molecule has 2 aromatic rings. The molecule has 1 aromatic heterocycles. The summed E-state index contributed by atoms with van der Waals surface area (Å²) in [6.07, 6.45) is 0. The number of aliphatic hydroxyl groups excluding tert-OH is 2. The second kappa shape index (κ2) is 5.38. The highest BCUT2D eigenvalue weighted by Crippen LogP contribution is 2.24. The number of benzene rings is 1. The molecule has 0 aliphatic rings. The van der Waals surface area contributed by atoms with Gasteiger partial charge in [-0.3, -0.25) is 0 Å². The third-order valence-corrected chi connectivity index (χ3v) is 2.94. The smallest absolute Gasteiger partial charge is 0.224 e. The Hall–Kier alpha value is -1.92. The van der Waals surface area contributed by atoms with E-state index in [1.807, 2.05) is 24.3 Å². The van der Waals surface area contributed by atoms with Crippen molar-refractivity contribution in [2.75, 3.05) is 30.9 Å². The second-order valence-corrected chi connectivity index (χ2v) is 4.66. The van der Waals surface area contributed by atoms with Gasteiger partial charge in [0.25, 0.3) is 0 Å². The minimum Gasteiger partial charge on any atom is -0.394 e. The lowest BCUT2D eigenvalue weighted by Gasteiger charge is -2.27. The van der Waals surface area contributed by atoms with Gasteiger partial charge in [0.2, 0.25) is 5.95 Å². The number of hydrogen-bond acceptors (Lipinski definition) is 6. The summed E-state index contributed by atoms with van der Waals surface area (Å²) < 4.78 is 0. The van der Waals surface area contributed by atoms with Crippen molar-refractivity contribution in [3.05, 3.63) is 24.3 Å². The van der Waals surface area contributed by atoms with Crippen LogP contribution < -0.4 is 10.6 Å². The van der Waals surface area contributed by atoms with E-state index in [1.165, 1.54) is 0 Å². The number of anilines is 2. The molecular formula is C13H18N4O2. The van der Waals surface area contributed by atoms with Crippen LogP contribution in [0, 0.1) is 0 Å². The van der Waals surface area contributed by atoms with E-state index in [0.717, 1.165) is 10.9 Å². The van der Waals surface area contributed by atoms with Gasteiger partial charge in [0, 0.05) is 12.4 Å². The first kappa shape index (κ1) is 13.5. The van der Waals surface area contributed by atoms with Crippen molar-refractivity contribution < 1.29 is 10.2 Å². The van der Waals surface area contributed by atoms with E-state index in [0.29, 0.717) is 11.8 Å². The fraction of sp³-hybridized carbons (Fsp3) is 0.385. The van der Waals surface area contributed by atoms with Crippen molar-refractivity contribution in [3.8, 4) is 0 Å². The molecule has 102 valence electrons. The maximum atomic E-state index is 9.36. The number of nitrogens with one attached hydrogen (secondary N) is 2. The fourth-order valence-corrected chi connectivity index (χ4v) is 1.70. The number of aliphatic hydroxyl groups is 2. The molecule has 0 aliphatic carbocycles. The lowest BCUT2D eigenvalue weighted by Crippen LogP contribution is -2.42. The van der Waals surface area contributed by atoms with Crippen molar-refractivity contribution in [1.82, 2.24) is 9.97 Å². The Balaban J connectivity index is 2.51. The molecular weight excluding hydrogens is 244 g/mol. The SMILES string of the molecule is CNc1nc(NC(C)(CO)CO)c2ccccc2n1. The maximum Gasteiger partial charge on any atom is 0.224 e. The molecule has 0 unspecified atom stereocenters. The molecule has 0 spiro atoms. The monoisotopic (exact) mass is 262 g/mol. The zero-order valence-corrected chi connectivity index (χ0v) is 11.0. The van der Waals surface area contributed by atoms with Gasteiger partial charge in [0.05, 0.1) is 24.3 Å². The Bertz CT molecular complexity index is 570. The largest absolute Gasteiger partial charge is 0.394 e. The van der Waals surface area contributed by atoms with Crippen molar-refractivity contribution in [3.63, 3.8) is 0 Å². The second-order valence-electron chi connectivity index (χ2n) is 4.66. The Kier molecular flexibility index (Phi) is 3.82. The van der Waals surface area contributed by atoms with Crippen LogP contribution in [-0.2, 0) is 0 Å². The Morgan fingerprint density at radius 2 is 1.84 bits per heavy atom. The fourth-order valence-electron chi connectivity index (χ4n) is 1.70. The third kappa shape index (κ3) is 2.74. The van der Waals surface area contributed by atoms with Crippen LogP contribution in [0.2, 0.25) is 0 Å². The summed E-state index contributed by atoms with van der Waals surface area (Å²) in [7, 11) is 1.74. The number of nitrogens with zero attached hydrogens (tertiary/aromatic N) is 2. The topological polar surface area (TPSA) is 90.3 Å². The summed E-state index contributed by atoms with van der Waals surface area (Å²) in [5.74, 6) is 1.07. The minimum atomic E-state index is -0.831. The van der Waals surface area contributed by atoms with Crippen LogP contribution in [0.4, 0.5) is 11.8 Å². The molecule has 6 nitrogen and oxygen atoms in total. The molecule has 0 aliphatic heterocycles. The maximum absolute atomic E-state index is 9.36. The molecule has 1 heterocycles. The van der Waals surface area contributed by atoms with Crippen molar-refractivity contribution in [2.45, 2.75) is 12.5 Å². The summed E-state index contributed by atoms with van der Waals surface area (Å²) >= 11 is 0. The molecule has 0 radical (unpaired) electrons. The molecule has 0 fully saturated rings. The molecule has 0 bridgehead atoms. The molecule has 4 N–H and O–H groups in total. The van der Waals surface area contributed by atoms with Gasteiger partial charge < -0.3 is 20.8 Å². The van der Waals surface area contributed by atoms with Gasteiger partial charge in [0.15, 0.2) is 0 Å². The van der Waals surface area contributed by atoms with Gasteiger partial charge in [-0.25, -0.2) is 4.98 Å². The van der Waals surface area contributed by atoms with E-state index in [9.17, 15) is 10.2 Å². The van der Waals surface area contributed by atoms with E-state index in [1.54, 1.807) is 14.0 Å². The molecule has 1 aromatic carbocycles. The van der Waals surface area contributed by atoms with E-state index < -0.39 is 5.54 Å². The van der Waals surface area contributed by atoms with E-state index >= 15 is 0 Å². The highest BCUT2D eigenvalue weighted by Gasteiger charge is 2.23. The quantitative estimate of drug-likeness (QED) is 0.638. The summed E-state index contributed by atoms with van der Waals surface area (Å²) in [6.45, 7) is 1.33. The Morgan fingerprint density at radius 3 is 2.47 bits per heavy atom. The molecule has 19 heavy (non-hydrogen) atoms. The van der Waals surface area contributed by atoms with Crippen LogP contribution in [0.5, 0.6) is 0 Å². The van der Waals surface area contributed by atoms with Crippen molar-refractivity contribution in [1.29, 1.82) is 0 Å². The molecule has 0 saturated heterocycles. The van der Waals surface area contributed by atoms with Crippen LogP contribution in [0.15, 0.2) is 24.3 Å². The summed E-state index contributed by atoms with van der Waals surface area (Å²) in [4.78, 5) is 8.69. The Morgan fingerprint density at radius 1 is 1.16 bits per heavy atom. The average Bonchev–Trinajstić information content (AvgIpc) is 2.46. The summed E-state index contributed by atoms with van der Waals surface area (Å²) in [6, 6.07) is 7.57. The normalized spacial score (nSPS) is 11.6. The van der Waals surface area contributed by atoms with Crippen LogP contribution in [0.25, 0.3) is 10.9 Å². The number of rotatable bonds is 5. The minimum absolute atomic E-state index is 0.198. The zero-order chi connectivity index (χ0) is 13.9. The van der Waals surface area contributed by atoms with Gasteiger partial charge in [0.1, 0.15) is 5.82 Å². The lowest BCUT2D eigenvalue weighted by atomic mass is 10.1. The highest BCUT2D eigenvalue weighted by molar-refractivity contribution is 5.90. The number of fused-ring (bicyclic) bond motifs is 1. The van der Waals surface area contributed by atoms with E-state index in [-0.39, 0.29) is 13.2 Å². The van der Waals surface area contributed by atoms with Gasteiger partial charge in [-0.15, -0.1) is 0 Å². The number of aromatic nitrogens is 2. The van der Waals surface area contributed by atoms with Crippen molar-refractivity contribution >= 4 is 22.7 Å². The van der Waals surface area contributed by atoms with Gasteiger partial charge in [-0.05, 0) is 19.1 Å². The van der Waals surface area contributed by atoms with Gasteiger partial charge >= 0.3 is 0 Å². The Labute approximate surface area is 111 Å². The van der Waals surface area contributed by atoms with Crippen molar-refractivity contribution in [2.24, 2.45) is 0 Å². The molecule has 0 amide bonds. The molecule has 2 rings (SSSR count). The molecule has 6 heteroatoms. The molecule has 0 saturated carbocycles. The predicted molar refractivity (Wildman–Crippen MR) is 75.3 cm³/mol. The van der Waals surface area contributed by atoms with Gasteiger partial charge in [-0.2, -0.15) is 4.98 Å². The summed E-state index contributed by atoms with van der Waals surface area (Å²) in [5.41, 5.74) is -0.0372. The van der Waals surface area contributed by atoms with Crippen LogP contribution >= 0.6 is 0 Å². The standard InChI is InChI=1S/C13H18N4O2/c1-13(7-18,8-19)17-11-9-5-3-4-6-10(9)15-12(14-2)16-11/h3-6,18-19H,7-8H2,1-2H3,(H2,14,15,16,17). The van der Waals surface area contributed by atoms with Crippen LogP contribution in [-0.4, -0.2) is 46.0 Å². The first-order chi connectivity index (χ1) is 9.11.